The average molecular weight is 446 g/mol. The van der Waals surface area contributed by atoms with Crippen molar-refractivity contribution >= 4 is 27.2 Å². The van der Waals surface area contributed by atoms with Crippen molar-refractivity contribution in [3.63, 3.8) is 0 Å². The number of aromatic amines is 1. The zero-order valence-corrected chi connectivity index (χ0v) is 18.1. The highest BCUT2D eigenvalue weighted by Crippen LogP contribution is 2.43. The highest BCUT2D eigenvalue weighted by Gasteiger charge is 2.32. The summed E-state index contributed by atoms with van der Waals surface area (Å²) in [7, 11) is -3.51. The minimum absolute atomic E-state index is 0.145. The molecule has 164 valence electrons. The van der Waals surface area contributed by atoms with Crippen molar-refractivity contribution in [1.29, 1.82) is 0 Å². The van der Waals surface area contributed by atoms with Crippen molar-refractivity contribution in [2.45, 2.75) is 56.6 Å². The van der Waals surface area contributed by atoms with E-state index in [2.05, 4.69) is 39.1 Å². The number of oxazole rings is 1. The molecule has 1 aromatic carbocycles. The molecule has 3 N–H and O–H groups in total. The number of fused-ring (bicyclic) bond motifs is 1. The molecule has 5 rings (SSSR count). The number of halogens is 1. The van der Waals surface area contributed by atoms with Gasteiger partial charge in [-0.1, -0.05) is 13.8 Å². The van der Waals surface area contributed by atoms with Gasteiger partial charge >= 0.3 is 0 Å². The van der Waals surface area contributed by atoms with Gasteiger partial charge in [0.25, 0.3) is 0 Å². The predicted octanol–water partition coefficient (Wildman–Crippen LogP) is 4.71. The number of nitrogens with zero attached hydrogens (tertiary/aromatic N) is 2. The van der Waals surface area contributed by atoms with Crippen LogP contribution in [0.15, 0.2) is 28.8 Å². The van der Waals surface area contributed by atoms with Crippen molar-refractivity contribution in [3.8, 4) is 0 Å². The van der Waals surface area contributed by atoms with Crippen LogP contribution < -0.4 is 10.0 Å². The molecule has 2 aliphatic rings. The fourth-order valence-electron chi connectivity index (χ4n) is 4.34. The van der Waals surface area contributed by atoms with E-state index in [0.29, 0.717) is 17.7 Å². The number of hydrogen-bond acceptors (Lipinski definition) is 6. The smallest absolute Gasteiger partial charge is 0.237 e. The number of rotatable bonds is 5. The summed E-state index contributed by atoms with van der Waals surface area (Å²) in [6, 6.07) is 4.95. The average Bonchev–Trinajstić information content (AvgIpc) is 3.48. The first-order chi connectivity index (χ1) is 14.8. The maximum atomic E-state index is 14.8. The van der Waals surface area contributed by atoms with Crippen molar-refractivity contribution in [1.82, 2.24) is 15.2 Å². The normalized spacial score (nSPS) is 21.9. The van der Waals surface area contributed by atoms with Crippen molar-refractivity contribution in [2.24, 2.45) is 0 Å². The molecule has 2 atom stereocenters. The van der Waals surface area contributed by atoms with Gasteiger partial charge in [-0.15, -0.1) is 0 Å². The van der Waals surface area contributed by atoms with E-state index in [9.17, 15) is 12.8 Å². The Bertz CT molecular complexity index is 1230. The molecule has 0 bridgehead atoms. The minimum Gasteiger partial charge on any atom is -0.445 e. The molecule has 2 aromatic heterocycles. The Morgan fingerprint density at radius 2 is 2.06 bits per heavy atom. The SMILES string of the molecule is CC(C)c1cnc([C@@H]2CC[C@H](c3cc(Nc4ccc5c(c4F)CS(=O)(=O)N5)n[nH]3)C2)o1. The third-order valence-corrected chi connectivity index (χ3v) is 7.24. The van der Waals surface area contributed by atoms with E-state index >= 15 is 0 Å². The van der Waals surface area contributed by atoms with Gasteiger partial charge in [-0.3, -0.25) is 9.82 Å². The predicted molar refractivity (Wildman–Crippen MR) is 114 cm³/mol. The van der Waals surface area contributed by atoms with Crippen molar-refractivity contribution in [3.05, 3.63) is 53.1 Å². The van der Waals surface area contributed by atoms with Crippen LogP contribution in [0.3, 0.4) is 0 Å². The molecule has 3 aromatic rings. The summed E-state index contributed by atoms with van der Waals surface area (Å²) in [5, 5.41) is 10.3. The number of hydrogen-bond donors (Lipinski definition) is 3. The highest BCUT2D eigenvalue weighted by molar-refractivity contribution is 7.92. The van der Waals surface area contributed by atoms with Gasteiger partial charge in [-0.25, -0.2) is 17.8 Å². The summed E-state index contributed by atoms with van der Waals surface area (Å²) < 4.78 is 46.4. The monoisotopic (exact) mass is 445 g/mol. The second kappa shape index (κ2) is 7.37. The second-order valence-electron chi connectivity index (χ2n) is 8.61. The van der Waals surface area contributed by atoms with Crippen LogP contribution in [0, 0.1) is 5.82 Å². The molecule has 8 nitrogen and oxygen atoms in total. The van der Waals surface area contributed by atoms with Gasteiger partial charge in [-0.2, -0.15) is 5.10 Å². The Labute approximate surface area is 179 Å². The van der Waals surface area contributed by atoms with Crippen LogP contribution in [-0.2, 0) is 15.8 Å². The minimum atomic E-state index is -3.51. The fourth-order valence-corrected chi connectivity index (χ4v) is 5.60. The fraction of sp³-hybridized carbons (Fsp3) is 0.429. The summed E-state index contributed by atoms with van der Waals surface area (Å²) >= 11 is 0. The van der Waals surface area contributed by atoms with Gasteiger partial charge < -0.3 is 9.73 Å². The first kappa shape index (κ1) is 20.0. The molecule has 0 spiro atoms. The molecule has 10 heteroatoms. The van der Waals surface area contributed by atoms with Crippen molar-refractivity contribution in [2.75, 3.05) is 10.0 Å². The van der Waals surface area contributed by atoms with Crippen LogP contribution in [0.4, 0.5) is 21.6 Å². The van der Waals surface area contributed by atoms with Gasteiger partial charge in [0.05, 0.1) is 23.3 Å². The Morgan fingerprint density at radius 1 is 1.26 bits per heavy atom. The van der Waals surface area contributed by atoms with Crippen LogP contribution >= 0.6 is 0 Å². The van der Waals surface area contributed by atoms with E-state index < -0.39 is 15.8 Å². The lowest BCUT2D eigenvalue weighted by molar-refractivity contribution is 0.406. The highest BCUT2D eigenvalue weighted by atomic mass is 32.2. The number of aromatic nitrogens is 3. The molecule has 0 unspecified atom stereocenters. The van der Waals surface area contributed by atoms with E-state index in [0.717, 1.165) is 36.6 Å². The quantitative estimate of drug-likeness (QED) is 0.524. The largest absolute Gasteiger partial charge is 0.445 e. The number of sulfonamides is 1. The van der Waals surface area contributed by atoms with E-state index in [1.807, 2.05) is 12.3 Å². The van der Waals surface area contributed by atoms with Gasteiger partial charge in [-0.05, 0) is 31.4 Å². The van der Waals surface area contributed by atoms with E-state index in [1.165, 1.54) is 6.07 Å². The van der Waals surface area contributed by atoms with Gasteiger partial charge in [0.15, 0.2) is 17.5 Å². The summed E-state index contributed by atoms with van der Waals surface area (Å²) in [4.78, 5) is 4.46. The molecule has 1 fully saturated rings. The molecule has 0 saturated heterocycles. The summed E-state index contributed by atoms with van der Waals surface area (Å²) in [6.45, 7) is 4.17. The third kappa shape index (κ3) is 3.80. The molecule has 31 heavy (non-hydrogen) atoms. The zero-order chi connectivity index (χ0) is 21.8. The lowest BCUT2D eigenvalue weighted by Gasteiger charge is -2.08. The lowest BCUT2D eigenvalue weighted by Crippen LogP contribution is -2.05. The Morgan fingerprint density at radius 3 is 2.84 bits per heavy atom. The van der Waals surface area contributed by atoms with E-state index in [-0.39, 0.29) is 28.6 Å². The molecule has 0 amide bonds. The van der Waals surface area contributed by atoms with Crippen LogP contribution in [0.1, 0.15) is 73.8 Å². The van der Waals surface area contributed by atoms with Gasteiger partial charge in [0.1, 0.15) is 5.76 Å². The van der Waals surface area contributed by atoms with E-state index in [4.69, 9.17) is 4.42 Å². The Hall–Kier alpha value is -2.88. The van der Waals surface area contributed by atoms with Crippen LogP contribution in [0.2, 0.25) is 0 Å². The Balaban J connectivity index is 1.28. The molecule has 1 aliphatic carbocycles. The van der Waals surface area contributed by atoms with Crippen LogP contribution in [-0.4, -0.2) is 23.6 Å². The topological polar surface area (TPSA) is 113 Å². The van der Waals surface area contributed by atoms with Crippen LogP contribution in [0.5, 0.6) is 0 Å². The first-order valence-corrected chi connectivity index (χ1v) is 12.0. The summed E-state index contributed by atoms with van der Waals surface area (Å²) in [6.07, 6.45) is 4.71. The molecule has 3 heterocycles. The second-order valence-corrected chi connectivity index (χ2v) is 10.3. The maximum absolute atomic E-state index is 14.8. The molecule has 0 radical (unpaired) electrons. The first-order valence-electron chi connectivity index (χ1n) is 10.4. The van der Waals surface area contributed by atoms with Gasteiger partial charge in [0.2, 0.25) is 10.0 Å². The number of nitrogens with one attached hydrogen (secondary N) is 3. The molecule has 1 aliphatic heterocycles. The van der Waals surface area contributed by atoms with E-state index in [1.54, 1.807) is 6.07 Å². The Kier molecular flexibility index (Phi) is 4.76. The standard InChI is InChI=1S/C21H24FN5O3S/c1-11(2)18-9-23-21(30-18)13-4-3-12(7-13)17-8-19(26-25-17)24-16-6-5-15-14(20(16)22)10-31(28,29)27-15/h5-6,8-9,11-13,27H,3-4,7,10H2,1-2H3,(H2,24,25,26)/t12-,13+/m0/s1. The number of H-pyrrole nitrogens is 1. The lowest BCUT2D eigenvalue weighted by atomic mass is 10.0. The zero-order valence-electron chi connectivity index (χ0n) is 17.3. The molecule has 1 saturated carbocycles. The summed E-state index contributed by atoms with van der Waals surface area (Å²) in [5.41, 5.74) is 1.61. The summed E-state index contributed by atoms with van der Waals surface area (Å²) in [5.74, 6) is 2.14. The molecular weight excluding hydrogens is 421 g/mol. The maximum Gasteiger partial charge on any atom is 0.237 e. The van der Waals surface area contributed by atoms with Crippen molar-refractivity contribution < 1.29 is 17.2 Å². The number of anilines is 3. The van der Waals surface area contributed by atoms with Gasteiger partial charge in [0, 0.05) is 35.1 Å². The molecular formula is C21H24FN5O3S. The van der Waals surface area contributed by atoms with Crippen LogP contribution in [0.25, 0.3) is 0 Å². The number of benzene rings is 1. The third-order valence-electron chi connectivity index (χ3n) is 6.04.